The van der Waals surface area contributed by atoms with E-state index in [1.165, 1.54) is 10.5 Å². The first kappa shape index (κ1) is 21.5. The zero-order chi connectivity index (χ0) is 21.1. The zero-order valence-electron chi connectivity index (χ0n) is 16.5. The molecule has 0 radical (unpaired) electrons. The van der Waals surface area contributed by atoms with Gasteiger partial charge in [0.05, 0.1) is 11.9 Å². The molecule has 2 aromatic rings. The third-order valence-electron chi connectivity index (χ3n) is 4.84. The molecule has 0 spiro atoms. The van der Waals surface area contributed by atoms with Gasteiger partial charge in [0, 0.05) is 31.9 Å². The molecule has 2 heterocycles. The molecule has 10 heteroatoms. The zero-order valence-corrected chi connectivity index (χ0v) is 18.2. The Hall–Kier alpha value is -2.17. The number of piperidine rings is 1. The Kier molecular flexibility index (Phi) is 6.45. The number of hydrogen-bond donors (Lipinski definition) is 1. The number of aromatic nitrogens is 1. The monoisotopic (exact) mass is 438 g/mol. The van der Waals surface area contributed by atoms with E-state index in [2.05, 4.69) is 9.71 Å². The lowest BCUT2D eigenvalue weighted by atomic mass is 10.1. The second kappa shape index (κ2) is 8.68. The Morgan fingerprint density at radius 2 is 1.72 bits per heavy atom. The Morgan fingerprint density at radius 1 is 1.07 bits per heavy atom. The number of para-hydroxylation sites is 1. The minimum atomic E-state index is -3.71. The molecule has 1 aliphatic heterocycles. The first-order valence-electron chi connectivity index (χ1n) is 9.47. The van der Waals surface area contributed by atoms with E-state index in [-0.39, 0.29) is 10.9 Å². The molecule has 1 aromatic heterocycles. The summed E-state index contributed by atoms with van der Waals surface area (Å²) in [6, 6.07) is 12.2. The molecule has 0 aliphatic carbocycles. The van der Waals surface area contributed by atoms with E-state index in [0.29, 0.717) is 44.0 Å². The molecule has 29 heavy (non-hydrogen) atoms. The van der Waals surface area contributed by atoms with Crippen LogP contribution in [0.5, 0.6) is 0 Å². The Balaban J connectivity index is 1.72. The van der Waals surface area contributed by atoms with Crippen molar-refractivity contribution in [2.75, 3.05) is 35.1 Å². The van der Waals surface area contributed by atoms with Crippen molar-refractivity contribution in [2.24, 2.45) is 0 Å². The highest BCUT2D eigenvalue weighted by molar-refractivity contribution is 7.92. The minimum Gasteiger partial charge on any atom is -0.357 e. The summed E-state index contributed by atoms with van der Waals surface area (Å²) < 4.78 is 52.8. The molecule has 0 amide bonds. The maximum absolute atomic E-state index is 13.0. The van der Waals surface area contributed by atoms with Gasteiger partial charge in [0.2, 0.25) is 10.0 Å². The molecule has 0 unspecified atom stereocenters. The quantitative estimate of drug-likeness (QED) is 0.708. The maximum atomic E-state index is 13.0. The number of rotatable bonds is 7. The molecular formula is C19H26N4O4S2. The lowest BCUT2D eigenvalue weighted by Gasteiger charge is -2.32. The summed E-state index contributed by atoms with van der Waals surface area (Å²) in [4.78, 5) is 6.53. The second-order valence-corrected chi connectivity index (χ2v) is 10.7. The number of sulfonamides is 2. The van der Waals surface area contributed by atoms with Gasteiger partial charge in [-0.3, -0.25) is 4.31 Å². The fourth-order valence-corrected chi connectivity index (χ4v) is 5.71. The average Bonchev–Trinajstić information content (AvgIpc) is 2.69. The molecule has 158 valence electrons. The summed E-state index contributed by atoms with van der Waals surface area (Å²) in [5.74, 6) is 0.685. The molecule has 0 saturated carbocycles. The van der Waals surface area contributed by atoms with Gasteiger partial charge in [-0.1, -0.05) is 18.2 Å². The predicted octanol–water partition coefficient (Wildman–Crippen LogP) is 1.81. The number of nitrogens with zero attached hydrogens (tertiary/aromatic N) is 3. The number of hydrogen-bond acceptors (Lipinski definition) is 6. The highest BCUT2D eigenvalue weighted by Gasteiger charge is 2.25. The summed E-state index contributed by atoms with van der Waals surface area (Å²) in [5.41, 5.74) is 0.611. The fourth-order valence-electron chi connectivity index (χ4n) is 3.45. The van der Waals surface area contributed by atoms with Crippen LogP contribution in [0, 0.1) is 0 Å². The predicted molar refractivity (Wildman–Crippen MR) is 114 cm³/mol. The summed E-state index contributed by atoms with van der Waals surface area (Å²) >= 11 is 0. The van der Waals surface area contributed by atoms with E-state index in [1.807, 2.05) is 11.0 Å². The highest BCUT2D eigenvalue weighted by atomic mass is 32.2. The Labute approximate surface area is 172 Å². The molecule has 0 atom stereocenters. The van der Waals surface area contributed by atoms with Gasteiger partial charge in [-0.25, -0.2) is 26.5 Å². The van der Waals surface area contributed by atoms with Crippen molar-refractivity contribution < 1.29 is 16.8 Å². The van der Waals surface area contributed by atoms with Crippen molar-refractivity contribution in [2.45, 2.75) is 30.7 Å². The SMILES string of the molecule is CCN(c1ccccc1)S(=O)(=O)c1ccc(N2CCC(NS(C)(=O)=O)CC2)nc1. The van der Waals surface area contributed by atoms with Gasteiger partial charge in [0.1, 0.15) is 10.7 Å². The average molecular weight is 439 g/mol. The van der Waals surface area contributed by atoms with Crippen LogP contribution in [0.2, 0.25) is 0 Å². The van der Waals surface area contributed by atoms with Crippen LogP contribution in [0.1, 0.15) is 19.8 Å². The van der Waals surface area contributed by atoms with Gasteiger partial charge in [0.25, 0.3) is 10.0 Å². The van der Waals surface area contributed by atoms with Crippen LogP contribution in [-0.4, -0.2) is 53.8 Å². The van der Waals surface area contributed by atoms with Gasteiger partial charge in [-0.2, -0.15) is 0 Å². The number of pyridine rings is 1. The van der Waals surface area contributed by atoms with Crippen molar-refractivity contribution in [3.8, 4) is 0 Å². The first-order valence-corrected chi connectivity index (χ1v) is 12.8. The van der Waals surface area contributed by atoms with Crippen molar-refractivity contribution in [3.05, 3.63) is 48.7 Å². The summed E-state index contributed by atoms with van der Waals surface area (Å²) in [6.45, 7) is 3.41. The highest BCUT2D eigenvalue weighted by Crippen LogP contribution is 2.25. The van der Waals surface area contributed by atoms with E-state index in [1.54, 1.807) is 43.3 Å². The van der Waals surface area contributed by atoms with E-state index < -0.39 is 20.0 Å². The van der Waals surface area contributed by atoms with Gasteiger partial charge < -0.3 is 4.90 Å². The van der Waals surface area contributed by atoms with Crippen molar-refractivity contribution in [1.82, 2.24) is 9.71 Å². The third kappa shape index (κ3) is 5.26. The van der Waals surface area contributed by atoms with Crippen LogP contribution in [0.15, 0.2) is 53.6 Å². The van der Waals surface area contributed by atoms with Gasteiger partial charge in [-0.15, -0.1) is 0 Å². The smallest absolute Gasteiger partial charge is 0.265 e. The molecule has 1 fully saturated rings. The third-order valence-corrected chi connectivity index (χ3v) is 7.49. The second-order valence-electron chi connectivity index (χ2n) is 7.01. The molecular weight excluding hydrogens is 412 g/mol. The van der Waals surface area contributed by atoms with Crippen LogP contribution in [0.25, 0.3) is 0 Å². The molecule has 8 nitrogen and oxygen atoms in total. The van der Waals surface area contributed by atoms with Crippen LogP contribution >= 0.6 is 0 Å². The topological polar surface area (TPSA) is 99.7 Å². The van der Waals surface area contributed by atoms with Crippen LogP contribution in [0.4, 0.5) is 11.5 Å². The van der Waals surface area contributed by atoms with E-state index in [4.69, 9.17) is 0 Å². The molecule has 3 rings (SSSR count). The first-order chi connectivity index (χ1) is 13.7. The van der Waals surface area contributed by atoms with Crippen LogP contribution in [0.3, 0.4) is 0 Å². The number of nitrogens with one attached hydrogen (secondary N) is 1. The standard InChI is InChI=1S/C19H26N4O4S2/c1-3-23(17-7-5-4-6-8-17)29(26,27)18-9-10-19(20-15-18)22-13-11-16(12-14-22)21-28(2,24)25/h4-10,15-16,21H,3,11-14H2,1-2H3. The molecule has 1 saturated heterocycles. The maximum Gasteiger partial charge on any atom is 0.265 e. The van der Waals surface area contributed by atoms with Crippen molar-refractivity contribution in [1.29, 1.82) is 0 Å². The normalized spacial score (nSPS) is 16.0. The van der Waals surface area contributed by atoms with E-state index in [9.17, 15) is 16.8 Å². The molecule has 1 N–H and O–H groups in total. The fraction of sp³-hybridized carbons (Fsp3) is 0.421. The molecule has 0 bridgehead atoms. The Bertz CT molecular complexity index is 1020. The summed E-state index contributed by atoms with van der Waals surface area (Å²) in [7, 11) is -6.92. The summed E-state index contributed by atoms with van der Waals surface area (Å²) in [5, 5.41) is 0. The van der Waals surface area contributed by atoms with Crippen LogP contribution < -0.4 is 13.9 Å². The van der Waals surface area contributed by atoms with Crippen molar-refractivity contribution in [3.63, 3.8) is 0 Å². The van der Waals surface area contributed by atoms with Crippen LogP contribution in [-0.2, 0) is 20.0 Å². The van der Waals surface area contributed by atoms with E-state index >= 15 is 0 Å². The van der Waals surface area contributed by atoms with Gasteiger partial charge >= 0.3 is 0 Å². The van der Waals surface area contributed by atoms with E-state index in [0.717, 1.165) is 6.26 Å². The van der Waals surface area contributed by atoms with Gasteiger partial charge in [0.15, 0.2) is 0 Å². The van der Waals surface area contributed by atoms with Crippen molar-refractivity contribution >= 4 is 31.6 Å². The number of benzene rings is 1. The molecule has 1 aliphatic rings. The largest absolute Gasteiger partial charge is 0.357 e. The molecule has 1 aromatic carbocycles. The van der Waals surface area contributed by atoms with Gasteiger partial charge in [-0.05, 0) is 44.0 Å². The number of anilines is 2. The summed E-state index contributed by atoms with van der Waals surface area (Å²) in [6.07, 6.45) is 3.89. The lowest BCUT2D eigenvalue weighted by molar-refractivity contribution is 0.460. The lowest BCUT2D eigenvalue weighted by Crippen LogP contribution is -2.44. The minimum absolute atomic E-state index is 0.0788. The Morgan fingerprint density at radius 3 is 2.24 bits per heavy atom.